The number of aromatic nitrogens is 2. The van der Waals surface area contributed by atoms with Crippen LogP contribution in [0.2, 0.25) is 5.02 Å². The quantitative estimate of drug-likeness (QED) is 0.836. The van der Waals surface area contributed by atoms with Crippen LogP contribution in [-0.4, -0.2) is 61.3 Å². The maximum atomic E-state index is 12.5. The van der Waals surface area contributed by atoms with E-state index in [1.165, 1.54) is 0 Å². The third kappa shape index (κ3) is 4.20. The lowest BCUT2D eigenvalue weighted by Gasteiger charge is -2.35. The Bertz CT molecular complexity index is 744. The van der Waals surface area contributed by atoms with E-state index in [0.29, 0.717) is 24.5 Å². The van der Waals surface area contributed by atoms with Gasteiger partial charge >= 0.3 is 0 Å². The van der Waals surface area contributed by atoms with Crippen molar-refractivity contribution in [3.05, 3.63) is 47.1 Å². The molecule has 1 amide bonds. The van der Waals surface area contributed by atoms with Gasteiger partial charge in [-0.1, -0.05) is 29.8 Å². The van der Waals surface area contributed by atoms with E-state index in [9.17, 15) is 4.79 Å². The summed E-state index contributed by atoms with van der Waals surface area (Å²) >= 11 is 6.15. The Balaban J connectivity index is 1.59. The molecule has 1 aliphatic rings. The number of nitrogens with zero attached hydrogens (tertiary/aromatic N) is 5. The van der Waals surface area contributed by atoms with Gasteiger partial charge in [-0.2, -0.15) is 5.10 Å². The lowest BCUT2D eigenvalue weighted by molar-refractivity contribution is -0.130. The number of piperazine rings is 1. The molecule has 0 spiro atoms. The highest BCUT2D eigenvalue weighted by Gasteiger charge is 2.23. The van der Waals surface area contributed by atoms with Gasteiger partial charge in [0.05, 0.1) is 18.3 Å². The lowest BCUT2D eigenvalue weighted by Crippen LogP contribution is -2.49. The fraction of sp³-hybridized carbons (Fsp3) is 0.389. The highest BCUT2D eigenvalue weighted by atomic mass is 35.5. The van der Waals surface area contributed by atoms with E-state index in [1.54, 1.807) is 6.20 Å². The van der Waals surface area contributed by atoms with Crippen molar-refractivity contribution in [3.8, 4) is 0 Å². The van der Waals surface area contributed by atoms with Gasteiger partial charge in [-0.25, -0.2) is 0 Å². The van der Waals surface area contributed by atoms with E-state index in [2.05, 4.69) is 15.1 Å². The molecule has 6 nitrogen and oxygen atoms in total. The molecule has 2 heterocycles. The molecule has 0 unspecified atom stereocenters. The van der Waals surface area contributed by atoms with Gasteiger partial charge in [-0.3, -0.25) is 4.79 Å². The number of anilines is 2. The van der Waals surface area contributed by atoms with E-state index in [1.807, 2.05) is 54.2 Å². The molecule has 1 fully saturated rings. The smallest absolute Gasteiger partial charge is 0.227 e. The van der Waals surface area contributed by atoms with E-state index in [0.717, 1.165) is 30.2 Å². The molecular formula is C18H22ClN5O. The van der Waals surface area contributed by atoms with Gasteiger partial charge in [0.1, 0.15) is 0 Å². The Hall–Kier alpha value is -2.34. The van der Waals surface area contributed by atoms with Crippen LogP contribution in [0.25, 0.3) is 0 Å². The zero-order valence-electron chi connectivity index (χ0n) is 14.5. The number of benzene rings is 1. The second-order valence-corrected chi connectivity index (χ2v) is 6.71. The average Bonchev–Trinajstić information content (AvgIpc) is 2.64. The summed E-state index contributed by atoms with van der Waals surface area (Å²) in [5, 5.41) is 8.94. The molecule has 0 N–H and O–H groups in total. The summed E-state index contributed by atoms with van der Waals surface area (Å²) < 4.78 is 0. The Morgan fingerprint density at radius 3 is 2.60 bits per heavy atom. The summed E-state index contributed by atoms with van der Waals surface area (Å²) in [6.07, 6.45) is 2.09. The zero-order valence-corrected chi connectivity index (χ0v) is 15.3. The number of halogens is 1. The first-order chi connectivity index (χ1) is 12.0. The fourth-order valence-electron chi connectivity index (χ4n) is 2.85. The predicted octanol–water partition coefficient (Wildman–Crippen LogP) is 2.09. The summed E-state index contributed by atoms with van der Waals surface area (Å²) in [4.78, 5) is 18.6. The van der Waals surface area contributed by atoms with E-state index in [-0.39, 0.29) is 5.91 Å². The van der Waals surface area contributed by atoms with Crippen LogP contribution >= 0.6 is 11.6 Å². The van der Waals surface area contributed by atoms with Gasteiger partial charge in [0.25, 0.3) is 0 Å². The van der Waals surface area contributed by atoms with Gasteiger partial charge in [0.15, 0.2) is 5.82 Å². The van der Waals surface area contributed by atoms with Crippen molar-refractivity contribution in [2.75, 3.05) is 50.1 Å². The molecule has 1 aliphatic heterocycles. The van der Waals surface area contributed by atoms with Crippen LogP contribution in [0.3, 0.4) is 0 Å². The van der Waals surface area contributed by atoms with Crippen LogP contribution in [0.15, 0.2) is 36.5 Å². The highest BCUT2D eigenvalue weighted by molar-refractivity contribution is 6.31. The largest absolute Gasteiger partial charge is 0.376 e. The maximum absolute atomic E-state index is 12.5. The SMILES string of the molecule is CN(C)c1cnnc(N2CCN(C(=O)Cc3ccccc3Cl)CC2)c1. The predicted molar refractivity (Wildman–Crippen MR) is 100 cm³/mol. The molecule has 3 rings (SSSR count). The molecule has 2 aromatic rings. The third-order valence-corrected chi connectivity index (χ3v) is 4.77. The van der Waals surface area contributed by atoms with Gasteiger partial charge in [0, 0.05) is 51.4 Å². The summed E-state index contributed by atoms with van der Waals surface area (Å²) in [5.41, 5.74) is 1.89. The minimum atomic E-state index is 0.112. The van der Waals surface area contributed by atoms with Crippen LogP contribution in [0, 0.1) is 0 Å². The molecule has 0 radical (unpaired) electrons. The van der Waals surface area contributed by atoms with Crippen molar-refractivity contribution in [1.82, 2.24) is 15.1 Å². The number of hydrogen-bond donors (Lipinski definition) is 0. The second-order valence-electron chi connectivity index (χ2n) is 6.30. The van der Waals surface area contributed by atoms with Crippen molar-refractivity contribution in [3.63, 3.8) is 0 Å². The molecule has 0 aliphatic carbocycles. The van der Waals surface area contributed by atoms with Crippen molar-refractivity contribution in [1.29, 1.82) is 0 Å². The molecule has 0 atom stereocenters. The van der Waals surface area contributed by atoms with Crippen LogP contribution < -0.4 is 9.80 Å². The van der Waals surface area contributed by atoms with Crippen LogP contribution in [0.1, 0.15) is 5.56 Å². The standard InChI is InChI=1S/C18H22ClN5O/c1-22(2)15-12-17(21-20-13-15)23-7-9-24(10-8-23)18(25)11-14-5-3-4-6-16(14)19/h3-6,12-13H,7-11H2,1-2H3. The first-order valence-corrected chi connectivity index (χ1v) is 8.68. The number of carbonyl (C=O) groups is 1. The van der Waals surface area contributed by atoms with Gasteiger partial charge < -0.3 is 14.7 Å². The monoisotopic (exact) mass is 359 g/mol. The highest BCUT2D eigenvalue weighted by Crippen LogP contribution is 2.20. The van der Waals surface area contributed by atoms with E-state index < -0.39 is 0 Å². The van der Waals surface area contributed by atoms with Crippen LogP contribution in [0.4, 0.5) is 11.5 Å². The Morgan fingerprint density at radius 1 is 1.20 bits per heavy atom. The number of amides is 1. The number of carbonyl (C=O) groups excluding carboxylic acids is 1. The Kier molecular flexibility index (Phi) is 5.38. The topological polar surface area (TPSA) is 52.6 Å². The molecule has 1 saturated heterocycles. The van der Waals surface area contributed by atoms with Crippen molar-refractivity contribution in [2.24, 2.45) is 0 Å². The first kappa shape index (κ1) is 17.5. The summed E-state index contributed by atoms with van der Waals surface area (Å²) in [6.45, 7) is 2.86. The normalized spacial score (nSPS) is 14.5. The van der Waals surface area contributed by atoms with Crippen molar-refractivity contribution < 1.29 is 4.79 Å². The number of hydrogen-bond acceptors (Lipinski definition) is 5. The molecule has 0 saturated carbocycles. The summed E-state index contributed by atoms with van der Waals surface area (Å²) in [6, 6.07) is 9.52. The van der Waals surface area contributed by atoms with E-state index in [4.69, 9.17) is 11.6 Å². The summed E-state index contributed by atoms with van der Waals surface area (Å²) in [5.74, 6) is 0.963. The minimum absolute atomic E-state index is 0.112. The van der Waals surface area contributed by atoms with Gasteiger partial charge in [-0.15, -0.1) is 5.10 Å². The molecule has 25 heavy (non-hydrogen) atoms. The Morgan fingerprint density at radius 2 is 1.92 bits per heavy atom. The van der Waals surface area contributed by atoms with Gasteiger partial charge in [-0.05, 0) is 11.6 Å². The average molecular weight is 360 g/mol. The van der Waals surface area contributed by atoms with Crippen LogP contribution in [-0.2, 0) is 11.2 Å². The minimum Gasteiger partial charge on any atom is -0.376 e. The van der Waals surface area contributed by atoms with E-state index >= 15 is 0 Å². The Labute approximate surface area is 153 Å². The van der Waals surface area contributed by atoms with Crippen LogP contribution in [0.5, 0.6) is 0 Å². The summed E-state index contributed by atoms with van der Waals surface area (Å²) in [7, 11) is 3.96. The van der Waals surface area contributed by atoms with Crippen molar-refractivity contribution >= 4 is 29.0 Å². The number of rotatable bonds is 4. The molecule has 1 aromatic carbocycles. The molecule has 0 bridgehead atoms. The maximum Gasteiger partial charge on any atom is 0.227 e. The van der Waals surface area contributed by atoms with Gasteiger partial charge in [0.2, 0.25) is 5.91 Å². The molecule has 1 aromatic heterocycles. The lowest BCUT2D eigenvalue weighted by atomic mass is 10.1. The fourth-order valence-corrected chi connectivity index (χ4v) is 3.05. The first-order valence-electron chi connectivity index (χ1n) is 8.31. The molecule has 7 heteroatoms. The molecular weight excluding hydrogens is 338 g/mol. The third-order valence-electron chi connectivity index (χ3n) is 4.40. The second kappa shape index (κ2) is 7.70. The zero-order chi connectivity index (χ0) is 17.8. The van der Waals surface area contributed by atoms with Crippen molar-refractivity contribution in [2.45, 2.75) is 6.42 Å². The molecule has 132 valence electrons.